The SMILES string of the molecule is Cc1ccccc1CC(=O)NC[C@H]1Cc2cc(F)cc(-c3cncnc3)c2O1. The van der Waals surface area contributed by atoms with E-state index < -0.39 is 0 Å². The smallest absolute Gasteiger partial charge is 0.224 e. The van der Waals surface area contributed by atoms with Crippen LogP contribution in [0.2, 0.25) is 0 Å². The van der Waals surface area contributed by atoms with Crippen molar-refractivity contribution in [1.82, 2.24) is 15.3 Å². The molecular weight excluding hydrogens is 357 g/mol. The van der Waals surface area contributed by atoms with Crippen molar-refractivity contribution in [1.29, 1.82) is 0 Å². The van der Waals surface area contributed by atoms with Crippen LogP contribution in [-0.4, -0.2) is 28.5 Å². The molecule has 1 aliphatic rings. The number of hydrogen-bond donors (Lipinski definition) is 1. The van der Waals surface area contributed by atoms with Gasteiger partial charge >= 0.3 is 0 Å². The van der Waals surface area contributed by atoms with E-state index in [-0.39, 0.29) is 17.8 Å². The summed E-state index contributed by atoms with van der Waals surface area (Å²) < 4.78 is 20.1. The standard InChI is InChI=1S/C22H20FN3O2/c1-14-4-2-3-5-15(14)8-21(27)26-12-19-7-16-6-18(23)9-20(22(16)28-19)17-10-24-13-25-11-17/h2-6,9-11,13,19H,7-8,12H2,1H3,(H,26,27)/t19-/m1/s1. The molecule has 4 rings (SSSR count). The Kier molecular flexibility index (Phi) is 5.02. The molecule has 0 unspecified atom stereocenters. The number of nitrogens with zero attached hydrogens (tertiary/aromatic N) is 2. The van der Waals surface area contributed by atoms with Gasteiger partial charge in [-0.1, -0.05) is 24.3 Å². The zero-order chi connectivity index (χ0) is 19.5. The maximum Gasteiger partial charge on any atom is 0.224 e. The first kappa shape index (κ1) is 18.1. The summed E-state index contributed by atoms with van der Waals surface area (Å²) in [7, 11) is 0. The Bertz CT molecular complexity index is 1010. The number of carbonyl (C=O) groups is 1. The van der Waals surface area contributed by atoms with Crippen LogP contribution in [0.3, 0.4) is 0 Å². The minimum absolute atomic E-state index is 0.0586. The fourth-order valence-electron chi connectivity index (χ4n) is 3.43. The predicted octanol–water partition coefficient (Wildman–Crippen LogP) is 3.25. The van der Waals surface area contributed by atoms with Gasteiger partial charge in [-0.05, 0) is 30.2 Å². The molecule has 0 spiro atoms. The molecule has 2 aromatic carbocycles. The van der Waals surface area contributed by atoms with Crippen molar-refractivity contribution in [2.45, 2.75) is 25.9 Å². The molecule has 0 saturated carbocycles. The molecule has 0 aliphatic carbocycles. The number of fused-ring (bicyclic) bond motifs is 1. The van der Waals surface area contributed by atoms with E-state index in [9.17, 15) is 9.18 Å². The van der Waals surface area contributed by atoms with E-state index in [2.05, 4.69) is 15.3 Å². The molecule has 6 heteroatoms. The lowest BCUT2D eigenvalue weighted by Crippen LogP contribution is -2.35. The second kappa shape index (κ2) is 7.76. The van der Waals surface area contributed by atoms with Crippen molar-refractivity contribution in [2.75, 3.05) is 6.54 Å². The molecule has 5 nitrogen and oxygen atoms in total. The first-order valence-electron chi connectivity index (χ1n) is 9.16. The highest BCUT2D eigenvalue weighted by Gasteiger charge is 2.27. The second-order valence-corrected chi connectivity index (χ2v) is 6.92. The molecule has 0 fully saturated rings. The summed E-state index contributed by atoms with van der Waals surface area (Å²) in [4.78, 5) is 20.3. The van der Waals surface area contributed by atoms with Crippen LogP contribution in [0.25, 0.3) is 11.1 Å². The van der Waals surface area contributed by atoms with Gasteiger partial charge in [0, 0.05) is 35.5 Å². The average Bonchev–Trinajstić information content (AvgIpc) is 3.11. The molecule has 1 N–H and O–H groups in total. The van der Waals surface area contributed by atoms with Crippen LogP contribution < -0.4 is 10.1 Å². The number of ether oxygens (including phenoxy) is 1. The predicted molar refractivity (Wildman–Crippen MR) is 103 cm³/mol. The third-order valence-electron chi connectivity index (χ3n) is 4.87. The summed E-state index contributed by atoms with van der Waals surface area (Å²) in [5.41, 5.74) is 4.21. The van der Waals surface area contributed by atoms with E-state index in [4.69, 9.17) is 4.74 Å². The molecule has 3 aromatic rings. The van der Waals surface area contributed by atoms with E-state index >= 15 is 0 Å². The number of benzene rings is 2. The number of carbonyl (C=O) groups excluding carboxylic acids is 1. The Morgan fingerprint density at radius 1 is 1.25 bits per heavy atom. The number of hydrogen-bond acceptors (Lipinski definition) is 4. The summed E-state index contributed by atoms with van der Waals surface area (Å²) >= 11 is 0. The van der Waals surface area contributed by atoms with Gasteiger partial charge in [-0.2, -0.15) is 0 Å². The summed E-state index contributed by atoms with van der Waals surface area (Å²) in [5, 5.41) is 2.93. The maximum absolute atomic E-state index is 14.1. The maximum atomic E-state index is 14.1. The Hall–Kier alpha value is -3.28. The van der Waals surface area contributed by atoms with Crippen LogP contribution in [0.1, 0.15) is 16.7 Å². The molecular formula is C22H20FN3O2. The highest BCUT2D eigenvalue weighted by Crippen LogP contribution is 2.39. The zero-order valence-corrected chi connectivity index (χ0v) is 15.5. The lowest BCUT2D eigenvalue weighted by Gasteiger charge is -2.14. The van der Waals surface area contributed by atoms with Gasteiger partial charge in [-0.25, -0.2) is 14.4 Å². The van der Waals surface area contributed by atoms with Crippen molar-refractivity contribution >= 4 is 5.91 Å². The van der Waals surface area contributed by atoms with E-state index in [1.807, 2.05) is 31.2 Å². The van der Waals surface area contributed by atoms with Crippen molar-refractivity contribution in [3.05, 3.63) is 77.6 Å². The monoisotopic (exact) mass is 377 g/mol. The molecule has 1 atom stereocenters. The van der Waals surface area contributed by atoms with E-state index in [0.717, 1.165) is 16.7 Å². The molecule has 142 valence electrons. The van der Waals surface area contributed by atoms with Gasteiger partial charge in [0.25, 0.3) is 0 Å². The van der Waals surface area contributed by atoms with Gasteiger partial charge in [-0.15, -0.1) is 0 Å². The third-order valence-corrected chi connectivity index (χ3v) is 4.87. The number of amides is 1. The zero-order valence-electron chi connectivity index (χ0n) is 15.5. The van der Waals surface area contributed by atoms with E-state index in [1.165, 1.54) is 18.5 Å². The number of nitrogens with one attached hydrogen (secondary N) is 1. The lowest BCUT2D eigenvalue weighted by molar-refractivity contribution is -0.120. The summed E-state index contributed by atoms with van der Waals surface area (Å²) in [6, 6.07) is 10.7. The first-order valence-corrected chi connectivity index (χ1v) is 9.16. The topological polar surface area (TPSA) is 64.1 Å². The summed E-state index contributed by atoms with van der Waals surface area (Å²) in [6.07, 6.45) is 5.31. The second-order valence-electron chi connectivity index (χ2n) is 6.92. The summed E-state index contributed by atoms with van der Waals surface area (Å²) in [5.74, 6) is 0.247. The fraction of sp³-hybridized carbons (Fsp3) is 0.227. The minimum atomic E-state index is -0.328. The van der Waals surface area contributed by atoms with Crippen LogP contribution in [0.15, 0.2) is 55.1 Å². The Balaban J connectivity index is 1.43. The molecule has 1 aliphatic heterocycles. The van der Waals surface area contributed by atoms with Crippen LogP contribution in [0, 0.1) is 12.7 Å². The first-order chi connectivity index (χ1) is 13.6. The molecule has 28 heavy (non-hydrogen) atoms. The molecule has 0 saturated heterocycles. The fourth-order valence-corrected chi connectivity index (χ4v) is 3.43. The molecule has 1 amide bonds. The van der Waals surface area contributed by atoms with Crippen LogP contribution >= 0.6 is 0 Å². The van der Waals surface area contributed by atoms with Crippen LogP contribution in [0.4, 0.5) is 4.39 Å². The highest BCUT2D eigenvalue weighted by atomic mass is 19.1. The largest absolute Gasteiger partial charge is 0.487 e. The van der Waals surface area contributed by atoms with Crippen molar-refractivity contribution in [3.8, 4) is 16.9 Å². The van der Waals surface area contributed by atoms with Gasteiger partial charge in [0.1, 0.15) is 24.0 Å². The highest BCUT2D eigenvalue weighted by molar-refractivity contribution is 5.79. The van der Waals surface area contributed by atoms with Gasteiger partial charge < -0.3 is 10.1 Å². The molecule has 2 heterocycles. The van der Waals surface area contributed by atoms with Crippen LogP contribution in [0.5, 0.6) is 5.75 Å². The average molecular weight is 377 g/mol. The van der Waals surface area contributed by atoms with Crippen LogP contribution in [-0.2, 0) is 17.6 Å². The number of aromatic nitrogens is 2. The number of aryl methyl sites for hydroxylation is 1. The van der Waals surface area contributed by atoms with Crippen molar-refractivity contribution in [3.63, 3.8) is 0 Å². The van der Waals surface area contributed by atoms with E-state index in [1.54, 1.807) is 12.4 Å². The molecule has 1 aromatic heterocycles. The normalized spacial score (nSPS) is 15.0. The Morgan fingerprint density at radius 3 is 2.82 bits per heavy atom. The number of rotatable bonds is 5. The van der Waals surface area contributed by atoms with Crippen molar-refractivity contribution < 1.29 is 13.9 Å². The quantitative estimate of drug-likeness (QED) is 0.741. The third kappa shape index (κ3) is 3.86. The van der Waals surface area contributed by atoms with Gasteiger partial charge in [0.05, 0.1) is 13.0 Å². The van der Waals surface area contributed by atoms with Gasteiger partial charge in [0.15, 0.2) is 0 Å². The molecule has 0 radical (unpaired) electrons. The minimum Gasteiger partial charge on any atom is -0.487 e. The Morgan fingerprint density at radius 2 is 2.04 bits per heavy atom. The van der Waals surface area contributed by atoms with Crippen molar-refractivity contribution in [2.24, 2.45) is 0 Å². The molecule has 0 bridgehead atoms. The number of halogens is 1. The van der Waals surface area contributed by atoms with Gasteiger partial charge in [0.2, 0.25) is 5.91 Å². The summed E-state index contributed by atoms with van der Waals surface area (Å²) in [6.45, 7) is 2.36. The van der Waals surface area contributed by atoms with Gasteiger partial charge in [-0.3, -0.25) is 4.79 Å². The van der Waals surface area contributed by atoms with E-state index in [0.29, 0.717) is 36.3 Å². The lowest BCUT2D eigenvalue weighted by atomic mass is 10.0. The Labute approximate surface area is 162 Å².